The molecule has 4 rings (SSSR count). The number of aromatic nitrogens is 1. The van der Waals surface area contributed by atoms with Crippen molar-refractivity contribution >= 4 is 23.1 Å². The lowest BCUT2D eigenvalue weighted by atomic mass is 9.87. The molecule has 0 bridgehead atoms. The maximum absolute atomic E-state index is 13.2. The van der Waals surface area contributed by atoms with Crippen LogP contribution >= 0.6 is 11.3 Å². The highest BCUT2D eigenvalue weighted by Crippen LogP contribution is 2.28. The van der Waals surface area contributed by atoms with Gasteiger partial charge in [0.2, 0.25) is 0 Å². The zero-order chi connectivity index (χ0) is 20.4. The summed E-state index contributed by atoms with van der Waals surface area (Å²) in [5.41, 5.74) is 4.61. The Hall–Kier alpha value is -2.66. The summed E-state index contributed by atoms with van der Waals surface area (Å²) in [4.78, 5) is 21.4. The molecule has 3 aromatic rings. The van der Waals surface area contributed by atoms with E-state index in [4.69, 9.17) is 0 Å². The molecule has 0 radical (unpaired) electrons. The Bertz CT molecular complexity index is 974. The van der Waals surface area contributed by atoms with E-state index in [9.17, 15) is 4.79 Å². The van der Waals surface area contributed by atoms with Crippen molar-refractivity contribution in [2.75, 3.05) is 18.0 Å². The van der Waals surface area contributed by atoms with Gasteiger partial charge in [0, 0.05) is 42.5 Å². The average Bonchev–Trinajstić information content (AvgIpc) is 3.24. The molecule has 0 atom stereocenters. The Labute approximate surface area is 176 Å². The van der Waals surface area contributed by atoms with E-state index in [0.29, 0.717) is 6.54 Å². The minimum absolute atomic E-state index is 0.0828. The Kier molecular flexibility index (Phi) is 5.41. The van der Waals surface area contributed by atoms with Crippen molar-refractivity contribution in [1.82, 2.24) is 9.88 Å². The molecule has 1 saturated heterocycles. The number of thiazole rings is 1. The highest BCUT2D eigenvalue weighted by Gasteiger charge is 2.27. The molecule has 0 aliphatic carbocycles. The van der Waals surface area contributed by atoms with E-state index in [2.05, 4.69) is 68.2 Å². The van der Waals surface area contributed by atoms with E-state index < -0.39 is 0 Å². The van der Waals surface area contributed by atoms with Crippen molar-refractivity contribution in [3.8, 4) is 10.6 Å². The van der Waals surface area contributed by atoms with Gasteiger partial charge in [-0.3, -0.25) is 4.90 Å². The SMILES string of the molecule is CC(C)(C)c1ccc(N2CCCN(Cc3cccc(-c4nccs4)c3)C2=O)cc1. The van der Waals surface area contributed by atoms with Gasteiger partial charge in [-0.15, -0.1) is 11.3 Å². The van der Waals surface area contributed by atoms with Crippen LogP contribution in [0.5, 0.6) is 0 Å². The standard InChI is InChI=1S/C24H27N3OS/c1-24(2,3)20-8-10-21(11-9-20)27-14-5-13-26(23(27)28)17-18-6-4-7-19(16-18)22-25-12-15-29-22/h4,6-12,15-16H,5,13-14,17H2,1-3H3. The Balaban J connectivity index is 1.50. The third-order valence-corrected chi connectivity index (χ3v) is 6.16. The molecule has 1 fully saturated rings. The summed E-state index contributed by atoms with van der Waals surface area (Å²) >= 11 is 1.63. The van der Waals surface area contributed by atoms with E-state index >= 15 is 0 Å². The predicted molar refractivity (Wildman–Crippen MR) is 120 cm³/mol. The monoisotopic (exact) mass is 405 g/mol. The molecule has 0 saturated carbocycles. The number of amides is 2. The van der Waals surface area contributed by atoms with Crippen LogP contribution < -0.4 is 4.90 Å². The molecule has 0 N–H and O–H groups in total. The number of benzene rings is 2. The summed E-state index contributed by atoms with van der Waals surface area (Å²) in [7, 11) is 0. The molecule has 1 aliphatic heterocycles. The van der Waals surface area contributed by atoms with Gasteiger partial charge in [0.05, 0.1) is 0 Å². The zero-order valence-electron chi connectivity index (χ0n) is 17.3. The first-order valence-electron chi connectivity index (χ1n) is 10.1. The fourth-order valence-electron chi connectivity index (χ4n) is 3.70. The third kappa shape index (κ3) is 4.35. The van der Waals surface area contributed by atoms with Crippen molar-refractivity contribution in [2.45, 2.75) is 39.2 Å². The Morgan fingerprint density at radius 2 is 1.86 bits per heavy atom. The number of hydrogen-bond acceptors (Lipinski definition) is 3. The van der Waals surface area contributed by atoms with Crippen LogP contribution in [0.3, 0.4) is 0 Å². The Morgan fingerprint density at radius 1 is 1.07 bits per heavy atom. The molecule has 2 amide bonds. The van der Waals surface area contributed by atoms with E-state index in [0.717, 1.165) is 41.3 Å². The predicted octanol–water partition coefficient (Wildman–Crippen LogP) is 5.94. The van der Waals surface area contributed by atoms with E-state index in [1.54, 1.807) is 11.3 Å². The number of nitrogens with zero attached hydrogens (tertiary/aromatic N) is 3. The molecule has 0 spiro atoms. The summed E-state index contributed by atoms with van der Waals surface area (Å²) in [6.45, 7) is 8.79. The van der Waals surface area contributed by atoms with Crippen molar-refractivity contribution in [2.24, 2.45) is 0 Å². The number of hydrogen-bond donors (Lipinski definition) is 0. The maximum atomic E-state index is 13.2. The van der Waals surface area contributed by atoms with Gasteiger partial charge in [0.15, 0.2) is 0 Å². The summed E-state index contributed by atoms with van der Waals surface area (Å²) < 4.78 is 0. The summed E-state index contributed by atoms with van der Waals surface area (Å²) in [5, 5.41) is 3.00. The maximum Gasteiger partial charge on any atom is 0.324 e. The lowest BCUT2D eigenvalue weighted by Crippen LogP contribution is -2.49. The second-order valence-electron chi connectivity index (χ2n) is 8.54. The quantitative estimate of drug-likeness (QED) is 0.538. The van der Waals surface area contributed by atoms with Gasteiger partial charge in [-0.2, -0.15) is 0 Å². The van der Waals surface area contributed by atoms with Gasteiger partial charge in [0.1, 0.15) is 5.01 Å². The molecule has 1 aromatic heterocycles. The van der Waals surface area contributed by atoms with Crippen LogP contribution in [0.2, 0.25) is 0 Å². The summed E-state index contributed by atoms with van der Waals surface area (Å²) in [6.07, 6.45) is 2.79. The summed E-state index contributed by atoms with van der Waals surface area (Å²) in [6, 6.07) is 16.9. The number of carbonyl (C=O) groups excluding carboxylic acids is 1. The third-order valence-electron chi connectivity index (χ3n) is 5.34. The second kappa shape index (κ2) is 7.99. The van der Waals surface area contributed by atoms with Crippen molar-refractivity contribution in [3.63, 3.8) is 0 Å². The van der Waals surface area contributed by atoms with Crippen molar-refractivity contribution in [3.05, 3.63) is 71.2 Å². The lowest BCUT2D eigenvalue weighted by molar-refractivity contribution is 0.192. The Morgan fingerprint density at radius 3 is 2.55 bits per heavy atom. The van der Waals surface area contributed by atoms with Crippen LogP contribution in [-0.4, -0.2) is 29.0 Å². The number of carbonyl (C=O) groups is 1. The molecule has 1 aliphatic rings. The second-order valence-corrected chi connectivity index (χ2v) is 9.44. The van der Waals surface area contributed by atoms with Crippen LogP contribution in [0.4, 0.5) is 10.5 Å². The molecule has 29 heavy (non-hydrogen) atoms. The first-order valence-corrected chi connectivity index (χ1v) is 11.0. The molecule has 2 aromatic carbocycles. The average molecular weight is 406 g/mol. The smallest absolute Gasteiger partial charge is 0.320 e. The summed E-state index contributed by atoms with van der Waals surface area (Å²) in [5.74, 6) is 0. The van der Waals surface area contributed by atoms with Crippen molar-refractivity contribution in [1.29, 1.82) is 0 Å². The van der Waals surface area contributed by atoms with Gasteiger partial charge in [-0.25, -0.2) is 9.78 Å². The van der Waals surface area contributed by atoms with E-state index in [1.807, 2.05) is 27.4 Å². The van der Waals surface area contributed by atoms with Crippen LogP contribution in [0.1, 0.15) is 38.3 Å². The highest BCUT2D eigenvalue weighted by atomic mass is 32.1. The van der Waals surface area contributed by atoms with E-state index in [-0.39, 0.29) is 11.4 Å². The minimum atomic E-state index is 0.0828. The van der Waals surface area contributed by atoms with Gasteiger partial charge in [-0.1, -0.05) is 51.1 Å². The number of anilines is 1. The molecule has 0 unspecified atom stereocenters. The molecule has 5 heteroatoms. The van der Waals surface area contributed by atoms with Crippen LogP contribution in [0, 0.1) is 0 Å². The van der Waals surface area contributed by atoms with Gasteiger partial charge < -0.3 is 4.90 Å². The van der Waals surface area contributed by atoms with Gasteiger partial charge >= 0.3 is 6.03 Å². The van der Waals surface area contributed by atoms with Crippen molar-refractivity contribution < 1.29 is 4.79 Å². The lowest BCUT2D eigenvalue weighted by Gasteiger charge is -2.36. The highest BCUT2D eigenvalue weighted by molar-refractivity contribution is 7.13. The molecule has 2 heterocycles. The van der Waals surface area contributed by atoms with Gasteiger partial charge in [-0.05, 0) is 41.2 Å². The molecule has 150 valence electrons. The normalized spacial score (nSPS) is 15.1. The van der Waals surface area contributed by atoms with Crippen LogP contribution in [-0.2, 0) is 12.0 Å². The van der Waals surface area contributed by atoms with Crippen LogP contribution in [0.25, 0.3) is 10.6 Å². The first kappa shape index (κ1) is 19.6. The minimum Gasteiger partial charge on any atom is -0.320 e. The zero-order valence-corrected chi connectivity index (χ0v) is 18.1. The first-order chi connectivity index (χ1) is 13.9. The molecule has 4 nitrogen and oxygen atoms in total. The van der Waals surface area contributed by atoms with Crippen LogP contribution in [0.15, 0.2) is 60.1 Å². The molecular weight excluding hydrogens is 378 g/mol. The number of rotatable bonds is 4. The topological polar surface area (TPSA) is 36.4 Å². The number of urea groups is 1. The fraction of sp³-hybridized carbons (Fsp3) is 0.333. The van der Waals surface area contributed by atoms with Gasteiger partial charge in [0.25, 0.3) is 0 Å². The largest absolute Gasteiger partial charge is 0.324 e. The molecular formula is C24H27N3OS. The van der Waals surface area contributed by atoms with E-state index in [1.165, 1.54) is 5.56 Å². The fourth-order valence-corrected chi connectivity index (χ4v) is 4.33.